The molecule has 1 amide bonds. The Morgan fingerprint density at radius 2 is 1.79 bits per heavy atom. The smallest absolute Gasteiger partial charge is 0.255 e. The highest BCUT2D eigenvalue weighted by atomic mass is 32.2. The molecule has 8 nitrogen and oxygen atoms in total. The molecule has 0 radical (unpaired) electrons. The SMILES string of the molecule is O=C(Nc1cccc2[nH]ccc12)c1cccc(Cc2c(-c3ccccn3)nn(C3CCS(=O)(=O)C3)c2-c2ccccc2)c1. The van der Waals surface area contributed by atoms with Crippen LogP contribution in [0.15, 0.2) is 109 Å². The Kier molecular flexibility index (Phi) is 6.87. The molecule has 7 rings (SSSR count). The summed E-state index contributed by atoms with van der Waals surface area (Å²) in [6, 6.07) is 30.7. The third-order valence-corrected chi connectivity index (χ3v) is 9.68. The third-order valence-electron chi connectivity index (χ3n) is 7.93. The van der Waals surface area contributed by atoms with Crippen LogP contribution in [0.2, 0.25) is 0 Å². The largest absolute Gasteiger partial charge is 0.361 e. The molecule has 1 unspecified atom stereocenters. The van der Waals surface area contributed by atoms with Gasteiger partial charge in [-0.1, -0.05) is 54.6 Å². The zero-order chi connectivity index (χ0) is 29.4. The Hall–Kier alpha value is -5.02. The molecular formula is C34H29N5O3S. The minimum atomic E-state index is -3.14. The Bertz CT molecular complexity index is 2050. The summed E-state index contributed by atoms with van der Waals surface area (Å²) in [4.78, 5) is 21.2. The summed E-state index contributed by atoms with van der Waals surface area (Å²) < 4.78 is 26.9. The fourth-order valence-electron chi connectivity index (χ4n) is 5.90. The molecule has 6 aromatic rings. The number of hydrogen-bond acceptors (Lipinski definition) is 5. The number of aromatic nitrogens is 4. The first-order valence-corrected chi connectivity index (χ1v) is 16.0. The van der Waals surface area contributed by atoms with Gasteiger partial charge in [-0.05, 0) is 54.4 Å². The van der Waals surface area contributed by atoms with Crippen molar-refractivity contribution in [3.8, 4) is 22.6 Å². The van der Waals surface area contributed by atoms with Crippen molar-refractivity contribution in [2.75, 3.05) is 16.8 Å². The molecule has 9 heteroatoms. The average Bonchev–Trinajstić information content (AvgIpc) is 3.75. The van der Waals surface area contributed by atoms with E-state index in [9.17, 15) is 13.2 Å². The van der Waals surface area contributed by atoms with E-state index in [0.29, 0.717) is 29.8 Å². The molecule has 2 N–H and O–H groups in total. The molecule has 1 atom stereocenters. The predicted molar refractivity (Wildman–Crippen MR) is 169 cm³/mol. The first kappa shape index (κ1) is 26.9. The fraction of sp³-hybridized carbons (Fsp3) is 0.147. The monoisotopic (exact) mass is 587 g/mol. The van der Waals surface area contributed by atoms with Crippen LogP contribution in [-0.4, -0.2) is 45.6 Å². The van der Waals surface area contributed by atoms with Gasteiger partial charge < -0.3 is 10.3 Å². The van der Waals surface area contributed by atoms with Gasteiger partial charge in [-0.25, -0.2) is 8.42 Å². The first-order valence-electron chi connectivity index (χ1n) is 14.2. The van der Waals surface area contributed by atoms with Gasteiger partial charge in [0.25, 0.3) is 5.91 Å². The van der Waals surface area contributed by atoms with Gasteiger partial charge in [-0.2, -0.15) is 5.10 Å². The molecule has 3 aromatic heterocycles. The Balaban J connectivity index is 1.30. The zero-order valence-corrected chi connectivity index (χ0v) is 24.1. The van der Waals surface area contributed by atoms with E-state index in [2.05, 4.69) is 15.3 Å². The van der Waals surface area contributed by atoms with E-state index in [1.54, 1.807) is 12.3 Å². The molecular weight excluding hydrogens is 558 g/mol. The van der Waals surface area contributed by atoms with Crippen molar-refractivity contribution >= 4 is 32.3 Å². The molecule has 1 aliphatic rings. The maximum Gasteiger partial charge on any atom is 0.255 e. The van der Waals surface area contributed by atoms with Crippen LogP contribution in [0.25, 0.3) is 33.5 Å². The maximum absolute atomic E-state index is 13.4. The Morgan fingerprint density at radius 3 is 2.58 bits per heavy atom. The number of fused-ring (bicyclic) bond motifs is 1. The molecule has 0 saturated carbocycles. The number of amides is 1. The topological polar surface area (TPSA) is 110 Å². The molecule has 1 saturated heterocycles. The second-order valence-corrected chi connectivity index (χ2v) is 13.1. The van der Waals surface area contributed by atoms with Crippen molar-refractivity contribution in [1.82, 2.24) is 19.7 Å². The highest BCUT2D eigenvalue weighted by Gasteiger charge is 2.33. The lowest BCUT2D eigenvalue weighted by Crippen LogP contribution is -2.14. The van der Waals surface area contributed by atoms with Crippen LogP contribution in [0, 0.1) is 0 Å². The molecule has 1 fully saturated rings. The van der Waals surface area contributed by atoms with Gasteiger partial charge in [0, 0.05) is 46.4 Å². The fourth-order valence-corrected chi connectivity index (χ4v) is 7.59. The van der Waals surface area contributed by atoms with Crippen LogP contribution in [0.1, 0.15) is 33.9 Å². The molecule has 0 aliphatic carbocycles. The number of H-pyrrole nitrogens is 1. The zero-order valence-electron chi connectivity index (χ0n) is 23.3. The molecule has 0 spiro atoms. The van der Waals surface area contributed by atoms with Crippen LogP contribution >= 0.6 is 0 Å². The first-order chi connectivity index (χ1) is 20.9. The van der Waals surface area contributed by atoms with Gasteiger partial charge >= 0.3 is 0 Å². The molecule has 3 aromatic carbocycles. The van der Waals surface area contributed by atoms with E-state index >= 15 is 0 Å². The number of rotatable bonds is 7. The Labute approximate surface area is 249 Å². The molecule has 214 valence electrons. The van der Waals surface area contributed by atoms with Crippen LogP contribution in [0.3, 0.4) is 0 Å². The van der Waals surface area contributed by atoms with Gasteiger partial charge in [0.1, 0.15) is 5.69 Å². The van der Waals surface area contributed by atoms with Crippen molar-refractivity contribution < 1.29 is 13.2 Å². The number of pyridine rings is 1. The van der Waals surface area contributed by atoms with E-state index in [0.717, 1.165) is 39.0 Å². The van der Waals surface area contributed by atoms with Crippen molar-refractivity contribution in [3.05, 3.63) is 126 Å². The molecule has 1 aliphatic heterocycles. The highest BCUT2D eigenvalue weighted by molar-refractivity contribution is 7.91. The van der Waals surface area contributed by atoms with Gasteiger partial charge in [-0.3, -0.25) is 14.5 Å². The lowest BCUT2D eigenvalue weighted by Gasteiger charge is -2.15. The lowest BCUT2D eigenvalue weighted by atomic mass is 9.96. The average molecular weight is 588 g/mol. The van der Waals surface area contributed by atoms with E-state index in [4.69, 9.17) is 5.10 Å². The number of aromatic amines is 1. The number of nitrogens with zero attached hydrogens (tertiary/aromatic N) is 3. The number of anilines is 1. The number of benzene rings is 3. The van der Waals surface area contributed by atoms with Crippen molar-refractivity contribution in [2.45, 2.75) is 18.9 Å². The standard InChI is InChI=1S/C34H29N5O3S/c40-34(37-30-14-7-13-29-27(30)15-18-36-29)25-11-6-8-23(20-25)21-28-32(31-12-4-5-17-35-31)38-39(26-16-19-43(41,42)22-26)33(28)24-9-2-1-3-10-24/h1-15,17-18,20,26,36H,16,19,21-22H2,(H,37,40). The highest BCUT2D eigenvalue weighted by Crippen LogP contribution is 2.38. The van der Waals surface area contributed by atoms with Gasteiger partial charge in [0.2, 0.25) is 0 Å². The summed E-state index contributed by atoms with van der Waals surface area (Å²) in [6.45, 7) is 0. The summed E-state index contributed by atoms with van der Waals surface area (Å²) in [5.74, 6) is 0.00272. The number of carbonyl (C=O) groups is 1. The van der Waals surface area contributed by atoms with E-state index in [1.807, 2.05) is 102 Å². The van der Waals surface area contributed by atoms with E-state index in [1.165, 1.54) is 0 Å². The lowest BCUT2D eigenvalue weighted by molar-refractivity contribution is 0.102. The predicted octanol–water partition coefficient (Wildman–Crippen LogP) is 6.30. The summed E-state index contributed by atoms with van der Waals surface area (Å²) in [5.41, 5.74) is 7.34. The van der Waals surface area contributed by atoms with Gasteiger partial charge in [0.15, 0.2) is 9.84 Å². The summed E-state index contributed by atoms with van der Waals surface area (Å²) in [6.07, 6.45) is 4.57. The van der Waals surface area contributed by atoms with Crippen LogP contribution in [0.4, 0.5) is 5.69 Å². The second-order valence-electron chi connectivity index (χ2n) is 10.8. The van der Waals surface area contributed by atoms with E-state index < -0.39 is 9.84 Å². The van der Waals surface area contributed by atoms with Crippen molar-refractivity contribution in [2.24, 2.45) is 0 Å². The number of nitrogens with one attached hydrogen (secondary N) is 2. The third kappa shape index (κ3) is 5.35. The second kappa shape index (κ2) is 11.0. The van der Waals surface area contributed by atoms with Crippen molar-refractivity contribution in [3.63, 3.8) is 0 Å². The summed E-state index contributed by atoms with van der Waals surface area (Å²) in [7, 11) is -3.14. The minimum absolute atomic E-state index is 0.0547. The quantitative estimate of drug-likeness (QED) is 0.228. The van der Waals surface area contributed by atoms with Crippen LogP contribution in [0.5, 0.6) is 0 Å². The summed E-state index contributed by atoms with van der Waals surface area (Å²) >= 11 is 0. The van der Waals surface area contributed by atoms with Gasteiger partial charge in [0.05, 0.1) is 34.6 Å². The van der Waals surface area contributed by atoms with Crippen LogP contribution < -0.4 is 5.32 Å². The van der Waals surface area contributed by atoms with Crippen molar-refractivity contribution in [1.29, 1.82) is 0 Å². The number of carbonyl (C=O) groups excluding carboxylic acids is 1. The maximum atomic E-state index is 13.4. The molecule has 0 bridgehead atoms. The van der Waals surface area contributed by atoms with E-state index in [-0.39, 0.29) is 23.5 Å². The molecule has 4 heterocycles. The Morgan fingerprint density at radius 1 is 0.953 bits per heavy atom. The normalized spacial score (nSPS) is 16.0. The number of sulfone groups is 1. The van der Waals surface area contributed by atoms with Crippen LogP contribution in [-0.2, 0) is 16.3 Å². The molecule has 43 heavy (non-hydrogen) atoms. The van der Waals surface area contributed by atoms with Gasteiger partial charge in [-0.15, -0.1) is 0 Å². The summed E-state index contributed by atoms with van der Waals surface area (Å²) in [5, 5.41) is 9.05. The minimum Gasteiger partial charge on any atom is -0.361 e. The number of hydrogen-bond donors (Lipinski definition) is 2.